The van der Waals surface area contributed by atoms with Crippen molar-refractivity contribution in [2.45, 2.75) is 38.0 Å². The highest BCUT2D eigenvalue weighted by Crippen LogP contribution is 2.26. The standard InChI is InChI=1S/C7H11FO2/c1-7(10)3-2-5(8)6(9)4-7/h5,10H,2-4H2,1H3. The molecule has 1 saturated carbocycles. The minimum absolute atomic E-state index is 0.0336. The largest absolute Gasteiger partial charge is 0.390 e. The maximum atomic E-state index is 12.5. The van der Waals surface area contributed by atoms with E-state index in [1.165, 1.54) is 0 Å². The van der Waals surface area contributed by atoms with Gasteiger partial charge in [-0.05, 0) is 19.8 Å². The Morgan fingerprint density at radius 2 is 2.40 bits per heavy atom. The summed E-state index contributed by atoms with van der Waals surface area (Å²) in [4.78, 5) is 10.7. The molecule has 0 spiro atoms. The molecular formula is C7H11FO2. The summed E-state index contributed by atoms with van der Waals surface area (Å²) in [6.45, 7) is 1.57. The molecule has 0 aromatic heterocycles. The van der Waals surface area contributed by atoms with Crippen LogP contribution in [0.3, 0.4) is 0 Å². The fraction of sp³-hybridized carbons (Fsp3) is 0.857. The summed E-state index contributed by atoms with van der Waals surface area (Å²) in [5.74, 6) is -0.462. The van der Waals surface area contributed by atoms with E-state index < -0.39 is 17.6 Å². The van der Waals surface area contributed by atoms with Crippen LogP contribution in [-0.4, -0.2) is 22.7 Å². The number of hydrogen-bond donors (Lipinski definition) is 1. The molecule has 0 aliphatic heterocycles. The average molecular weight is 146 g/mol. The van der Waals surface area contributed by atoms with Crippen molar-refractivity contribution in [3.8, 4) is 0 Å². The molecule has 3 heteroatoms. The molecule has 10 heavy (non-hydrogen) atoms. The molecule has 1 fully saturated rings. The zero-order valence-electron chi connectivity index (χ0n) is 5.93. The maximum absolute atomic E-state index is 12.5. The molecule has 0 radical (unpaired) electrons. The molecule has 2 atom stereocenters. The minimum Gasteiger partial charge on any atom is -0.390 e. The Morgan fingerprint density at radius 3 is 2.80 bits per heavy atom. The lowest BCUT2D eigenvalue weighted by Crippen LogP contribution is -2.37. The van der Waals surface area contributed by atoms with Crippen LogP contribution in [0.5, 0.6) is 0 Å². The number of aliphatic hydroxyl groups is 1. The molecule has 2 unspecified atom stereocenters. The zero-order chi connectivity index (χ0) is 7.78. The number of hydrogen-bond acceptors (Lipinski definition) is 2. The van der Waals surface area contributed by atoms with Crippen molar-refractivity contribution in [1.82, 2.24) is 0 Å². The smallest absolute Gasteiger partial charge is 0.169 e. The van der Waals surface area contributed by atoms with Gasteiger partial charge in [0.15, 0.2) is 12.0 Å². The lowest BCUT2D eigenvalue weighted by molar-refractivity contribution is -0.133. The third-order valence-corrected chi connectivity index (χ3v) is 1.84. The van der Waals surface area contributed by atoms with E-state index in [1.807, 2.05) is 0 Å². The number of carbonyl (C=O) groups is 1. The van der Waals surface area contributed by atoms with Gasteiger partial charge in [-0.3, -0.25) is 4.79 Å². The van der Waals surface area contributed by atoms with Crippen molar-refractivity contribution in [3.05, 3.63) is 0 Å². The molecular weight excluding hydrogens is 135 g/mol. The van der Waals surface area contributed by atoms with Gasteiger partial charge in [0.05, 0.1) is 5.60 Å². The van der Waals surface area contributed by atoms with E-state index in [9.17, 15) is 14.3 Å². The fourth-order valence-corrected chi connectivity index (χ4v) is 1.17. The van der Waals surface area contributed by atoms with E-state index in [2.05, 4.69) is 0 Å². The van der Waals surface area contributed by atoms with Crippen molar-refractivity contribution in [1.29, 1.82) is 0 Å². The summed E-state index contributed by atoms with van der Waals surface area (Å²) in [7, 11) is 0. The molecule has 1 rings (SSSR count). The Kier molecular flexibility index (Phi) is 1.77. The topological polar surface area (TPSA) is 37.3 Å². The second-order valence-corrected chi connectivity index (χ2v) is 3.15. The first-order valence-corrected chi connectivity index (χ1v) is 3.40. The van der Waals surface area contributed by atoms with Gasteiger partial charge in [0, 0.05) is 6.42 Å². The summed E-state index contributed by atoms with van der Waals surface area (Å²) >= 11 is 0. The maximum Gasteiger partial charge on any atom is 0.169 e. The number of carbonyl (C=O) groups excluding carboxylic acids is 1. The summed E-state index contributed by atoms with van der Waals surface area (Å²) < 4.78 is 12.5. The molecule has 2 nitrogen and oxygen atoms in total. The number of rotatable bonds is 0. The molecule has 0 heterocycles. The van der Waals surface area contributed by atoms with Crippen LogP contribution in [0.2, 0.25) is 0 Å². The Balaban J connectivity index is 2.57. The van der Waals surface area contributed by atoms with Gasteiger partial charge < -0.3 is 5.11 Å². The van der Waals surface area contributed by atoms with Crippen LogP contribution in [0.25, 0.3) is 0 Å². The molecule has 1 N–H and O–H groups in total. The van der Waals surface area contributed by atoms with Gasteiger partial charge in [-0.1, -0.05) is 0 Å². The number of halogens is 1. The van der Waals surface area contributed by atoms with Crippen LogP contribution in [0.1, 0.15) is 26.2 Å². The molecule has 0 bridgehead atoms. The van der Waals surface area contributed by atoms with Gasteiger partial charge in [0.25, 0.3) is 0 Å². The van der Waals surface area contributed by atoms with E-state index in [0.717, 1.165) is 0 Å². The van der Waals surface area contributed by atoms with Gasteiger partial charge in [-0.25, -0.2) is 4.39 Å². The molecule has 0 aromatic rings. The molecule has 58 valence electrons. The zero-order valence-corrected chi connectivity index (χ0v) is 5.93. The van der Waals surface area contributed by atoms with Crippen LogP contribution < -0.4 is 0 Å². The molecule has 0 saturated heterocycles. The summed E-state index contributed by atoms with van der Waals surface area (Å²) in [5, 5.41) is 9.28. The minimum atomic E-state index is -1.33. The van der Waals surface area contributed by atoms with Crippen molar-refractivity contribution < 1.29 is 14.3 Å². The van der Waals surface area contributed by atoms with Crippen molar-refractivity contribution in [2.75, 3.05) is 0 Å². The first-order valence-electron chi connectivity index (χ1n) is 3.40. The van der Waals surface area contributed by atoms with Crippen molar-refractivity contribution in [3.63, 3.8) is 0 Å². The van der Waals surface area contributed by atoms with Crippen LogP contribution in [0.4, 0.5) is 4.39 Å². The number of alkyl halides is 1. The molecule has 1 aliphatic carbocycles. The highest BCUT2D eigenvalue weighted by molar-refractivity contribution is 5.84. The Bertz CT molecular complexity index is 154. The van der Waals surface area contributed by atoms with E-state index in [1.54, 1.807) is 6.92 Å². The normalized spacial score (nSPS) is 41.9. The number of Topliss-reactive ketones (excluding diaryl/α,β-unsaturated/α-hetero) is 1. The SMILES string of the molecule is CC1(O)CCC(F)C(=O)C1. The second kappa shape index (κ2) is 2.31. The van der Waals surface area contributed by atoms with Gasteiger partial charge in [-0.15, -0.1) is 0 Å². The molecule has 1 aliphatic rings. The van der Waals surface area contributed by atoms with Crippen LogP contribution in [0, 0.1) is 0 Å². The van der Waals surface area contributed by atoms with Gasteiger partial charge in [-0.2, -0.15) is 0 Å². The predicted octanol–water partition coefficient (Wildman–Crippen LogP) is 0.829. The highest BCUT2D eigenvalue weighted by atomic mass is 19.1. The molecule has 0 amide bonds. The van der Waals surface area contributed by atoms with Crippen molar-refractivity contribution in [2.24, 2.45) is 0 Å². The Hall–Kier alpha value is -0.440. The van der Waals surface area contributed by atoms with E-state index >= 15 is 0 Å². The summed E-state index contributed by atoms with van der Waals surface area (Å²) in [6, 6.07) is 0. The number of ketones is 1. The van der Waals surface area contributed by atoms with Crippen LogP contribution in [-0.2, 0) is 4.79 Å². The van der Waals surface area contributed by atoms with E-state index in [4.69, 9.17) is 0 Å². The average Bonchev–Trinajstić information content (AvgIpc) is 1.79. The molecule has 0 aromatic carbocycles. The van der Waals surface area contributed by atoms with Crippen molar-refractivity contribution >= 4 is 5.78 Å². The summed E-state index contributed by atoms with van der Waals surface area (Å²) in [5.41, 5.74) is -0.959. The second-order valence-electron chi connectivity index (χ2n) is 3.15. The van der Waals surface area contributed by atoms with E-state index in [-0.39, 0.29) is 12.8 Å². The lowest BCUT2D eigenvalue weighted by Gasteiger charge is -2.28. The van der Waals surface area contributed by atoms with Gasteiger partial charge >= 0.3 is 0 Å². The first-order chi connectivity index (χ1) is 4.51. The van der Waals surface area contributed by atoms with Gasteiger partial charge in [0.2, 0.25) is 0 Å². The van der Waals surface area contributed by atoms with Gasteiger partial charge in [0.1, 0.15) is 0 Å². The monoisotopic (exact) mass is 146 g/mol. The fourth-order valence-electron chi connectivity index (χ4n) is 1.17. The quantitative estimate of drug-likeness (QED) is 0.549. The van der Waals surface area contributed by atoms with Crippen LogP contribution >= 0.6 is 0 Å². The third-order valence-electron chi connectivity index (χ3n) is 1.84. The first kappa shape index (κ1) is 7.66. The highest BCUT2D eigenvalue weighted by Gasteiger charge is 2.34. The summed E-state index contributed by atoms with van der Waals surface area (Å²) in [6.07, 6.45) is -0.805. The lowest BCUT2D eigenvalue weighted by atomic mass is 9.85. The third kappa shape index (κ3) is 1.53. The van der Waals surface area contributed by atoms with Crippen LogP contribution in [0.15, 0.2) is 0 Å². The Morgan fingerprint density at radius 1 is 1.80 bits per heavy atom. The van der Waals surface area contributed by atoms with E-state index in [0.29, 0.717) is 6.42 Å². The Labute approximate surface area is 59.0 Å². The predicted molar refractivity (Wildman–Crippen MR) is 34.4 cm³/mol.